The number of fused-ring (bicyclic) bond motifs is 1. The molecule has 0 unspecified atom stereocenters. The summed E-state index contributed by atoms with van der Waals surface area (Å²) in [6.45, 7) is 7.64. The number of carbonyl (C=O) groups is 1. The van der Waals surface area contributed by atoms with E-state index in [0.717, 1.165) is 39.5 Å². The lowest BCUT2D eigenvalue weighted by atomic mass is 10.2. The second-order valence-electron chi connectivity index (χ2n) is 5.93. The maximum absolute atomic E-state index is 13.3. The lowest BCUT2D eigenvalue weighted by Crippen LogP contribution is -2.39. The van der Waals surface area contributed by atoms with Crippen molar-refractivity contribution in [2.45, 2.75) is 13.8 Å². The van der Waals surface area contributed by atoms with Gasteiger partial charge in [0.25, 0.3) is 5.91 Å². The van der Waals surface area contributed by atoms with E-state index >= 15 is 0 Å². The molecule has 3 rings (SSSR count). The van der Waals surface area contributed by atoms with Crippen LogP contribution in [0.3, 0.4) is 0 Å². The highest BCUT2D eigenvalue weighted by molar-refractivity contribution is 9.10. The third kappa shape index (κ3) is 4.14. The van der Waals surface area contributed by atoms with E-state index < -0.39 is 0 Å². The molecule has 1 amide bonds. The smallest absolute Gasteiger partial charge is 0.261 e. The number of amides is 1. The number of para-hydroxylation sites is 1. The first-order valence-corrected chi connectivity index (χ1v) is 10.4. The second-order valence-corrected chi connectivity index (χ2v) is 7.79. The van der Waals surface area contributed by atoms with Crippen LogP contribution >= 0.6 is 27.3 Å². The van der Waals surface area contributed by atoms with Gasteiger partial charge in [0.05, 0.1) is 15.8 Å². The van der Waals surface area contributed by atoms with Crippen molar-refractivity contribution < 1.29 is 4.79 Å². The topological polar surface area (TPSA) is 36.4 Å². The van der Waals surface area contributed by atoms with Crippen molar-refractivity contribution >= 4 is 48.5 Å². The molecule has 0 radical (unpaired) electrons. The Labute approximate surface area is 166 Å². The monoisotopic (exact) mass is 431 g/mol. The van der Waals surface area contributed by atoms with Crippen LogP contribution in [0.4, 0.5) is 5.13 Å². The average molecular weight is 432 g/mol. The van der Waals surface area contributed by atoms with Gasteiger partial charge in [-0.15, -0.1) is 0 Å². The minimum Gasteiger partial charge on any atom is -0.302 e. The lowest BCUT2D eigenvalue weighted by Gasteiger charge is -2.25. The maximum atomic E-state index is 13.3. The number of likely N-dealkylation sites (N-methyl/N-ethyl adjacent to an activating group) is 1. The van der Waals surface area contributed by atoms with Gasteiger partial charge in [0.15, 0.2) is 5.13 Å². The standard InChI is InChI=1S/C20H22BrN3OS/c1-3-23(4-2)13-14-24(19(25)15-9-5-6-10-16(15)21)20-22-17-11-7-8-12-18(17)26-20/h5-12H,3-4,13-14H2,1-2H3. The van der Waals surface area contributed by atoms with Gasteiger partial charge in [-0.2, -0.15) is 0 Å². The number of thiazole rings is 1. The van der Waals surface area contributed by atoms with Crippen LogP contribution in [0.2, 0.25) is 0 Å². The third-order valence-corrected chi connectivity index (χ3v) is 6.15. The number of nitrogens with zero attached hydrogens (tertiary/aromatic N) is 3. The normalized spacial score (nSPS) is 11.2. The Kier molecular flexibility index (Phi) is 6.40. The van der Waals surface area contributed by atoms with Gasteiger partial charge in [-0.25, -0.2) is 4.98 Å². The Morgan fingerprint density at radius 3 is 2.42 bits per heavy atom. The number of carbonyl (C=O) groups excluding carboxylic acids is 1. The molecule has 2 aromatic carbocycles. The van der Waals surface area contributed by atoms with E-state index in [1.807, 2.05) is 53.4 Å². The van der Waals surface area contributed by atoms with Crippen LogP contribution in [-0.2, 0) is 0 Å². The number of hydrogen-bond acceptors (Lipinski definition) is 4. The predicted octanol–water partition coefficient (Wildman–Crippen LogP) is 5.05. The van der Waals surface area contributed by atoms with Gasteiger partial charge in [0.2, 0.25) is 0 Å². The molecule has 3 aromatic rings. The van der Waals surface area contributed by atoms with Crippen molar-refractivity contribution in [1.29, 1.82) is 0 Å². The molecule has 26 heavy (non-hydrogen) atoms. The van der Waals surface area contributed by atoms with Gasteiger partial charge in [-0.3, -0.25) is 9.69 Å². The highest BCUT2D eigenvalue weighted by Crippen LogP contribution is 2.30. The third-order valence-electron chi connectivity index (χ3n) is 4.40. The number of anilines is 1. The van der Waals surface area contributed by atoms with E-state index in [0.29, 0.717) is 12.1 Å². The van der Waals surface area contributed by atoms with Crippen LogP contribution in [0.1, 0.15) is 24.2 Å². The Balaban J connectivity index is 1.95. The van der Waals surface area contributed by atoms with Gasteiger partial charge in [-0.05, 0) is 53.3 Å². The fourth-order valence-electron chi connectivity index (χ4n) is 2.82. The number of rotatable bonds is 7. The van der Waals surface area contributed by atoms with Crippen LogP contribution in [0.25, 0.3) is 10.2 Å². The molecule has 136 valence electrons. The highest BCUT2D eigenvalue weighted by Gasteiger charge is 2.23. The summed E-state index contributed by atoms with van der Waals surface area (Å²) >= 11 is 5.07. The minimum absolute atomic E-state index is 0.0244. The fourth-order valence-corrected chi connectivity index (χ4v) is 4.27. The van der Waals surface area contributed by atoms with Crippen LogP contribution in [0.5, 0.6) is 0 Å². The summed E-state index contributed by atoms with van der Waals surface area (Å²) in [5.41, 5.74) is 1.59. The first kappa shape index (κ1) is 19.0. The molecule has 4 nitrogen and oxygen atoms in total. The molecular weight excluding hydrogens is 410 g/mol. The van der Waals surface area contributed by atoms with Crippen molar-refractivity contribution in [1.82, 2.24) is 9.88 Å². The zero-order chi connectivity index (χ0) is 18.5. The molecule has 0 aliphatic carbocycles. The van der Waals surface area contributed by atoms with Crippen molar-refractivity contribution in [2.24, 2.45) is 0 Å². The maximum Gasteiger partial charge on any atom is 0.261 e. The van der Waals surface area contributed by atoms with E-state index in [1.165, 1.54) is 0 Å². The molecule has 0 aliphatic rings. The Hall–Kier alpha value is -1.76. The Morgan fingerprint density at radius 2 is 1.73 bits per heavy atom. The quantitative estimate of drug-likeness (QED) is 0.525. The van der Waals surface area contributed by atoms with Gasteiger partial charge in [-0.1, -0.05) is 49.4 Å². The van der Waals surface area contributed by atoms with Crippen LogP contribution in [0.15, 0.2) is 53.0 Å². The lowest BCUT2D eigenvalue weighted by molar-refractivity contribution is 0.0983. The van der Waals surface area contributed by atoms with Gasteiger partial charge in [0.1, 0.15) is 0 Å². The van der Waals surface area contributed by atoms with Crippen molar-refractivity contribution in [3.05, 3.63) is 58.6 Å². The summed E-state index contributed by atoms with van der Waals surface area (Å²) in [4.78, 5) is 22.1. The van der Waals surface area contributed by atoms with Gasteiger partial charge < -0.3 is 4.90 Å². The molecule has 1 aromatic heterocycles. The average Bonchev–Trinajstić information content (AvgIpc) is 3.09. The summed E-state index contributed by atoms with van der Waals surface area (Å²) in [6, 6.07) is 15.6. The number of benzene rings is 2. The SMILES string of the molecule is CCN(CC)CCN(C(=O)c1ccccc1Br)c1nc2ccccc2s1. The summed E-state index contributed by atoms with van der Waals surface area (Å²) in [5, 5.41) is 0.749. The van der Waals surface area contributed by atoms with Crippen molar-refractivity contribution in [3.63, 3.8) is 0 Å². The molecule has 0 saturated heterocycles. The summed E-state index contributed by atoms with van der Waals surface area (Å²) in [7, 11) is 0. The molecule has 6 heteroatoms. The molecule has 0 atom stereocenters. The molecule has 1 heterocycles. The molecule has 0 spiro atoms. The summed E-state index contributed by atoms with van der Waals surface area (Å²) < 4.78 is 1.90. The second kappa shape index (κ2) is 8.75. The number of hydrogen-bond donors (Lipinski definition) is 0. The molecule has 0 N–H and O–H groups in total. The zero-order valence-electron chi connectivity index (χ0n) is 15.0. The number of halogens is 1. The van der Waals surface area contributed by atoms with Crippen molar-refractivity contribution in [2.75, 3.05) is 31.1 Å². The Morgan fingerprint density at radius 1 is 1.04 bits per heavy atom. The van der Waals surface area contributed by atoms with Gasteiger partial charge >= 0.3 is 0 Å². The summed E-state index contributed by atoms with van der Waals surface area (Å²) in [5.74, 6) is -0.0244. The first-order valence-electron chi connectivity index (χ1n) is 8.78. The van der Waals surface area contributed by atoms with E-state index in [1.54, 1.807) is 11.3 Å². The highest BCUT2D eigenvalue weighted by atomic mass is 79.9. The van der Waals surface area contributed by atoms with Gasteiger partial charge in [0, 0.05) is 17.6 Å². The van der Waals surface area contributed by atoms with Crippen LogP contribution in [-0.4, -0.2) is 42.0 Å². The predicted molar refractivity (Wildman–Crippen MR) is 113 cm³/mol. The fraction of sp³-hybridized carbons (Fsp3) is 0.300. The molecule has 0 fully saturated rings. The molecular formula is C20H22BrN3OS. The summed E-state index contributed by atoms with van der Waals surface area (Å²) in [6.07, 6.45) is 0. The van der Waals surface area contributed by atoms with E-state index in [4.69, 9.17) is 4.98 Å². The minimum atomic E-state index is -0.0244. The first-order chi connectivity index (χ1) is 12.6. The molecule has 0 saturated carbocycles. The van der Waals surface area contributed by atoms with Crippen molar-refractivity contribution in [3.8, 4) is 0 Å². The van der Waals surface area contributed by atoms with E-state index in [-0.39, 0.29) is 5.91 Å². The van der Waals surface area contributed by atoms with Crippen LogP contribution < -0.4 is 4.90 Å². The molecule has 0 bridgehead atoms. The Bertz CT molecular complexity index is 858. The van der Waals surface area contributed by atoms with Crippen LogP contribution in [0, 0.1) is 0 Å². The van der Waals surface area contributed by atoms with E-state index in [9.17, 15) is 4.79 Å². The zero-order valence-corrected chi connectivity index (χ0v) is 17.4. The molecule has 0 aliphatic heterocycles. The largest absolute Gasteiger partial charge is 0.302 e. The van der Waals surface area contributed by atoms with E-state index in [2.05, 4.69) is 34.7 Å². The number of aromatic nitrogens is 1.